The minimum absolute atomic E-state index is 0.000304. The molecule has 2 unspecified atom stereocenters. The molecule has 0 aliphatic rings. The second-order valence-corrected chi connectivity index (χ2v) is 21.7. The van der Waals surface area contributed by atoms with Crippen LogP contribution >= 0.6 is 0 Å². The number of aliphatic hydroxyl groups excluding tert-OH is 2. The highest BCUT2D eigenvalue weighted by Crippen LogP contribution is 2.17. The fourth-order valence-electron chi connectivity index (χ4n) is 9.66. The van der Waals surface area contributed by atoms with E-state index >= 15 is 0 Å². The number of hydrogen-bond acceptors (Lipinski definition) is 5. The standard InChI is InChI=1S/C66H123NO5/c1-3-5-7-9-11-13-15-17-19-26-30-34-38-42-46-50-54-58-64(69)63(62-68)67-65(70)59-55-51-47-43-39-35-31-28-24-22-21-23-25-29-33-37-41-45-49-53-57-61-72-66(71)60-56-52-48-44-40-36-32-27-20-18-16-14-12-10-8-6-4-2/h12,14,18,20,22,24,54,58,63-64,68-69H,3-11,13,15-17,19,21,23,25-53,55-57,59-62H2,1-2H3,(H,67,70)/b14-12-,20-18-,24-22-,58-54+. The fourth-order valence-corrected chi connectivity index (χ4v) is 9.66. The number of carbonyl (C=O) groups excluding carboxylic acids is 2. The third kappa shape index (κ3) is 57.1. The minimum atomic E-state index is -0.850. The van der Waals surface area contributed by atoms with Crippen molar-refractivity contribution in [3.05, 3.63) is 48.6 Å². The smallest absolute Gasteiger partial charge is 0.305 e. The molecule has 422 valence electrons. The number of hydrogen-bond donors (Lipinski definition) is 3. The summed E-state index contributed by atoms with van der Waals surface area (Å²) in [6, 6.07) is -0.635. The first-order valence-corrected chi connectivity index (χ1v) is 31.9. The number of ether oxygens (including phenoxy) is 1. The van der Waals surface area contributed by atoms with Gasteiger partial charge in [0.15, 0.2) is 0 Å². The average Bonchev–Trinajstić information content (AvgIpc) is 3.38. The van der Waals surface area contributed by atoms with Crippen molar-refractivity contribution in [2.45, 2.75) is 347 Å². The first kappa shape index (κ1) is 69.8. The van der Waals surface area contributed by atoms with E-state index in [0.29, 0.717) is 19.4 Å². The summed E-state index contributed by atoms with van der Waals surface area (Å²) in [7, 11) is 0. The first-order chi connectivity index (χ1) is 35.5. The molecule has 0 saturated heterocycles. The predicted molar refractivity (Wildman–Crippen MR) is 315 cm³/mol. The Kier molecular flexibility index (Phi) is 59.5. The molecule has 0 fully saturated rings. The van der Waals surface area contributed by atoms with Gasteiger partial charge in [-0.3, -0.25) is 9.59 Å². The van der Waals surface area contributed by atoms with Crippen LogP contribution < -0.4 is 5.32 Å². The maximum atomic E-state index is 12.5. The highest BCUT2D eigenvalue weighted by atomic mass is 16.5. The summed E-state index contributed by atoms with van der Waals surface area (Å²) in [5.41, 5.74) is 0. The number of unbranched alkanes of at least 4 members (excludes halogenated alkanes) is 42. The van der Waals surface area contributed by atoms with Crippen molar-refractivity contribution >= 4 is 11.9 Å². The molecule has 0 rings (SSSR count). The van der Waals surface area contributed by atoms with E-state index in [-0.39, 0.29) is 18.5 Å². The molecular formula is C66H123NO5. The summed E-state index contributed by atoms with van der Waals surface area (Å²) < 4.78 is 5.49. The highest BCUT2D eigenvalue weighted by Gasteiger charge is 2.18. The lowest BCUT2D eigenvalue weighted by Gasteiger charge is -2.20. The van der Waals surface area contributed by atoms with Crippen molar-refractivity contribution in [1.29, 1.82) is 0 Å². The molecule has 6 heteroatoms. The zero-order valence-corrected chi connectivity index (χ0v) is 48.2. The SMILES string of the molecule is CCCCC/C=C\C/C=C\CCCCCCCCCC(=O)OCCCCCCCCCCCC/C=C\CCCCCCCCCC(=O)NC(CO)C(O)/C=C/CCCCCCCCCCCCCCCCC. The van der Waals surface area contributed by atoms with Crippen molar-refractivity contribution in [2.75, 3.05) is 13.2 Å². The zero-order chi connectivity index (χ0) is 52.2. The Morgan fingerprint density at radius 2 is 0.694 bits per heavy atom. The van der Waals surface area contributed by atoms with Gasteiger partial charge >= 0.3 is 5.97 Å². The molecule has 0 aliphatic heterocycles. The monoisotopic (exact) mass is 1010 g/mol. The van der Waals surface area contributed by atoms with Gasteiger partial charge < -0.3 is 20.3 Å². The Morgan fingerprint density at radius 1 is 0.389 bits per heavy atom. The quantitative estimate of drug-likeness (QED) is 0.0320. The Hall–Kier alpha value is -2.18. The van der Waals surface area contributed by atoms with Crippen LogP contribution in [0, 0.1) is 0 Å². The number of amides is 1. The van der Waals surface area contributed by atoms with Crippen LogP contribution in [-0.4, -0.2) is 47.4 Å². The molecule has 1 amide bonds. The van der Waals surface area contributed by atoms with Gasteiger partial charge in [0.25, 0.3) is 0 Å². The van der Waals surface area contributed by atoms with Gasteiger partial charge in [-0.25, -0.2) is 0 Å². The van der Waals surface area contributed by atoms with Gasteiger partial charge in [-0.05, 0) is 89.9 Å². The van der Waals surface area contributed by atoms with Crippen molar-refractivity contribution < 1.29 is 24.5 Å². The van der Waals surface area contributed by atoms with E-state index in [4.69, 9.17) is 4.74 Å². The molecule has 0 bridgehead atoms. The normalized spacial score (nSPS) is 12.9. The topological polar surface area (TPSA) is 95.9 Å². The van der Waals surface area contributed by atoms with Crippen molar-refractivity contribution in [3.63, 3.8) is 0 Å². The maximum absolute atomic E-state index is 12.5. The summed E-state index contributed by atoms with van der Waals surface area (Å²) in [5, 5.41) is 23.2. The Labute approximate surface area is 448 Å². The molecule has 0 aliphatic carbocycles. The first-order valence-electron chi connectivity index (χ1n) is 31.9. The summed E-state index contributed by atoms with van der Waals surface area (Å²) in [4.78, 5) is 24.6. The van der Waals surface area contributed by atoms with Crippen molar-refractivity contribution in [1.82, 2.24) is 5.32 Å². The summed E-state index contributed by atoms with van der Waals surface area (Å²) in [6.07, 6.45) is 78.6. The van der Waals surface area contributed by atoms with Gasteiger partial charge in [0.05, 0.1) is 25.4 Å². The van der Waals surface area contributed by atoms with E-state index < -0.39 is 12.1 Å². The number of esters is 1. The van der Waals surface area contributed by atoms with Gasteiger partial charge in [0, 0.05) is 12.8 Å². The Bertz CT molecular complexity index is 1210. The number of carbonyl (C=O) groups is 2. The summed E-state index contributed by atoms with van der Waals surface area (Å²) in [6.45, 7) is 4.88. The molecule has 2 atom stereocenters. The molecule has 3 N–H and O–H groups in total. The molecule has 72 heavy (non-hydrogen) atoms. The maximum Gasteiger partial charge on any atom is 0.305 e. The van der Waals surface area contributed by atoms with E-state index in [0.717, 1.165) is 57.8 Å². The molecule has 0 aromatic carbocycles. The number of allylic oxidation sites excluding steroid dienone is 7. The molecule has 0 aromatic rings. The van der Waals surface area contributed by atoms with Crippen LogP contribution in [0.2, 0.25) is 0 Å². The van der Waals surface area contributed by atoms with E-state index in [9.17, 15) is 19.8 Å². The lowest BCUT2D eigenvalue weighted by molar-refractivity contribution is -0.143. The lowest BCUT2D eigenvalue weighted by atomic mass is 10.0. The number of nitrogens with one attached hydrogen (secondary N) is 1. The van der Waals surface area contributed by atoms with Crippen LogP contribution in [-0.2, 0) is 14.3 Å². The lowest BCUT2D eigenvalue weighted by Crippen LogP contribution is -2.45. The van der Waals surface area contributed by atoms with Gasteiger partial charge in [-0.15, -0.1) is 0 Å². The van der Waals surface area contributed by atoms with Crippen LogP contribution in [0.1, 0.15) is 335 Å². The third-order valence-electron chi connectivity index (χ3n) is 14.6. The van der Waals surface area contributed by atoms with Gasteiger partial charge in [-0.2, -0.15) is 0 Å². The van der Waals surface area contributed by atoms with Crippen LogP contribution in [0.15, 0.2) is 48.6 Å². The molecule has 0 aromatic heterocycles. The number of aliphatic hydroxyl groups is 2. The second-order valence-electron chi connectivity index (χ2n) is 21.7. The molecule has 0 saturated carbocycles. The summed E-state index contributed by atoms with van der Waals surface area (Å²) in [5.74, 6) is -0.0749. The largest absolute Gasteiger partial charge is 0.466 e. The molecule has 0 spiro atoms. The Morgan fingerprint density at radius 3 is 1.10 bits per heavy atom. The molecule has 0 radical (unpaired) electrons. The average molecular weight is 1010 g/mol. The minimum Gasteiger partial charge on any atom is -0.466 e. The van der Waals surface area contributed by atoms with Crippen LogP contribution in [0.4, 0.5) is 0 Å². The van der Waals surface area contributed by atoms with Crippen LogP contribution in [0.25, 0.3) is 0 Å². The van der Waals surface area contributed by atoms with Crippen LogP contribution in [0.3, 0.4) is 0 Å². The molecular weight excluding hydrogens is 887 g/mol. The molecule has 0 heterocycles. The molecule has 6 nitrogen and oxygen atoms in total. The second kappa shape index (κ2) is 61.4. The van der Waals surface area contributed by atoms with Gasteiger partial charge in [0.1, 0.15) is 0 Å². The van der Waals surface area contributed by atoms with E-state index in [2.05, 4.69) is 55.6 Å². The third-order valence-corrected chi connectivity index (χ3v) is 14.6. The Balaban J connectivity index is 3.45. The van der Waals surface area contributed by atoms with E-state index in [1.165, 1.54) is 250 Å². The predicted octanol–water partition coefficient (Wildman–Crippen LogP) is 20.1. The fraction of sp³-hybridized carbons (Fsp3) is 0.848. The summed E-state index contributed by atoms with van der Waals surface area (Å²) >= 11 is 0. The van der Waals surface area contributed by atoms with E-state index in [1.54, 1.807) is 6.08 Å². The van der Waals surface area contributed by atoms with Gasteiger partial charge in [-0.1, -0.05) is 281 Å². The van der Waals surface area contributed by atoms with Gasteiger partial charge in [0.2, 0.25) is 5.91 Å². The van der Waals surface area contributed by atoms with Crippen molar-refractivity contribution in [3.8, 4) is 0 Å². The van der Waals surface area contributed by atoms with Crippen molar-refractivity contribution in [2.24, 2.45) is 0 Å². The zero-order valence-electron chi connectivity index (χ0n) is 48.2. The number of rotatable bonds is 59. The van der Waals surface area contributed by atoms with Crippen LogP contribution in [0.5, 0.6) is 0 Å². The van der Waals surface area contributed by atoms with E-state index in [1.807, 2.05) is 6.08 Å². The highest BCUT2D eigenvalue weighted by molar-refractivity contribution is 5.76.